The van der Waals surface area contributed by atoms with Gasteiger partial charge >= 0.3 is 6.09 Å². The summed E-state index contributed by atoms with van der Waals surface area (Å²) in [6.07, 6.45) is -0.739. The number of methoxy groups -OCH3 is 2. The van der Waals surface area contributed by atoms with E-state index in [0.29, 0.717) is 33.1 Å². The monoisotopic (exact) mass is 890 g/mol. The van der Waals surface area contributed by atoms with Crippen molar-refractivity contribution in [3.8, 4) is 5.75 Å². The molecule has 0 bridgehead atoms. The van der Waals surface area contributed by atoms with E-state index in [4.69, 9.17) is 28.4 Å². The highest BCUT2D eigenvalue weighted by Gasteiger charge is 2.61. The van der Waals surface area contributed by atoms with Crippen LogP contribution in [0.5, 0.6) is 5.75 Å². The molecule has 16 nitrogen and oxygen atoms in total. The van der Waals surface area contributed by atoms with Crippen LogP contribution in [-0.2, 0) is 33.2 Å². The molecule has 2 aliphatic heterocycles. The van der Waals surface area contributed by atoms with Crippen molar-refractivity contribution in [3.63, 3.8) is 0 Å². The second-order valence-electron chi connectivity index (χ2n) is 15.4. The molecule has 3 aliphatic rings. The van der Waals surface area contributed by atoms with Crippen LogP contribution in [0.25, 0.3) is 21.8 Å². The molecule has 0 saturated carbocycles. The molecule has 9 atom stereocenters. The maximum absolute atomic E-state index is 15.1. The minimum absolute atomic E-state index is 0.0469. The van der Waals surface area contributed by atoms with Crippen LogP contribution in [0.4, 0.5) is 4.79 Å². The number of carbonyl (C=O) groups excluding carboxylic acids is 3. The Morgan fingerprint density at radius 2 is 1.95 bits per heavy atom. The van der Waals surface area contributed by atoms with Crippen molar-refractivity contribution in [2.75, 3.05) is 45.7 Å². The third-order valence-electron chi connectivity index (χ3n) is 11.1. The van der Waals surface area contributed by atoms with Crippen LogP contribution in [0.1, 0.15) is 51.0 Å². The average molecular weight is 891 g/mol. The SMILES string of the molecule is COC(=O)NC1=C(COC2OC(C)C(SC)(C(=O)c3nccc4c3[nH]c3ccc(O)cc34)C(O)C2OC2CC(OC)C(NC(C)C)CO2)/C(=C\CSSC)[C@@](C)(O)CC1=O. The van der Waals surface area contributed by atoms with E-state index in [1.165, 1.54) is 47.9 Å². The number of ketones is 2. The minimum Gasteiger partial charge on any atom is -0.508 e. The Bertz CT molecular complexity index is 2130. The van der Waals surface area contributed by atoms with Crippen LogP contribution in [0, 0.1) is 0 Å². The first kappa shape index (κ1) is 46.3. The lowest BCUT2D eigenvalue weighted by molar-refractivity contribution is -0.319. The number of aromatic nitrogens is 2. The number of aliphatic hydroxyl groups excluding tert-OH is 1. The van der Waals surface area contributed by atoms with Crippen molar-refractivity contribution >= 4 is 72.8 Å². The molecule has 6 N–H and O–H groups in total. The number of Topliss-reactive ketones (excluding diaryl/α,β-unsaturated/α-hetero) is 2. The summed E-state index contributed by atoms with van der Waals surface area (Å²) in [4.78, 5) is 48.9. The minimum atomic E-state index is -1.72. The first-order valence-electron chi connectivity index (χ1n) is 19.5. The van der Waals surface area contributed by atoms with Gasteiger partial charge in [-0.05, 0) is 56.2 Å². The summed E-state index contributed by atoms with van der Waals surface area (Å²) in [6, 6.07) is 6.59. The van der Waals surface area contributed by atoms with Gasteiger partial charge in [-0.3, -0.25) is 19.9 Å². The summed E-state index contributed by atoms with van der Waals surface area (Å²) in [6.45, 7) is 7.03. The van der Waals surface area contributed by atoms with Crippen LogP contribution in [0.2, 0.25) is 0 Å². The molecule has 0 spiro atoms. The predicted molar refractivity (Wildman–Crippen MR) is 231 cm³/mol. The number of hydrogen-bond donors (Lipinski definition) is 6. The number of aromatic amines is 1. The maximum atomic E-state index is 15.1. The Morgan fingerprint density at radius 1 is 1.18 bits per heavy atom. The number of phenolic OH excluding ortho intramolecular Hbond substituents is 1. The molecule has 19 heteroatoms. The van der Waals surface area contributed by atoms with Gasteiger partial charge in [-0.15, -0.1) is 11.8 Å². The van der Waals surface area contributed by atoms with E-state index in [2.05, 4.69) is 20.6 Å². The number of hydrogen-bond acceptors (Lipinski definition) is 17. The number of alkyl carbamates (subject to hydrolysis) is 1. The number of ether oxygens (including phenoxy) is 6. The number of phenols is 1. The van der Waals surface area contributed by atoms with E-state index >= 15 is 4.79 Å². The number of nitrogens with one attached hydrogen (secondary N) is 3. The molecule has 2 saturated heterocycles. The first-order valence-corrected chi connectivity index (χ1v) is 23.5. The van der Waals surface area contributed by atoms with E-state index < -0.39 is 65.5 Å². The standard InChI is InChI=1S/C41H54N4O12S3/c1-20(2)43-28-19-54-31(16-30(28)52-5)57-35-37(49)41(58-7,36(48)34-33-23(11-13-42-34)24-15-22(46)9-10-27(24)44-33)21(3)56-38(35)55-18-25-26(12-14-60-59-8)40(4,51)17-29(47)32(25)45-39(50)53-6/h9-13,15,20-21,28,30-31,35,37-38,43-44,46,49,51H,14,16-19H2,1-8H3,(H,45,50)/b26-12+/t21?,28?,30?,31?,35?,37?,38?,40-,41?/m0/s1. The molecule has 3 aromatic rings. The molecular formula is C41H54N4O12S3. The topological polar surface area (TPSA) is 220 Å². The Morgan fingerprint density at radius 3 is 2.63 bits per heavy atom. The number of aliphatic hydroxyl groups is 2. The zero-order valence-corrected chi connectivity index (χ0v) is 37.3. The largest absolute Gasteiger partial charge is 0.508 e. The van der Waals surface area contributed by atoms with E-state index in [0.717, 1.165) is 11.8 Å². The smallest absolute Gasteiger partial charge is 0.411 e. The molecule has 1 aliphatic carbocycles. The Kier molecular flexibility index (Phi) is 15.0. The lowest BCUT2D eigenvalue weighted by Gasteiger charge is -2.50. The lowest BCUT2D eigenvalue weighted by atomic mass is 9.78. The van der Waals surface area contributed by atoms with Gasteiger partial charge in [0.15, 0.2) is 18.4 Å². The number of allylic oxidation sites excluding steroid dienone is 1. The van der Waals surface area contributed by atoms with Crippen LogP contribution in [0.3, 0.4) is 0 Å². The summed E-state index contributed by atoms with van der Waals surface area (Å²) in [5.74, 6) is -0.568. The van der Waals surface area contributed by atoms with Gasteiger partial charge in [0.2, 0.25) is 5.78 Å². The van der Waals surface area contributed by atoms with E-state index in [1.807, 2.05) is 20.1 Å². The lowest BCUT2D eigenvalue weighted by Crippen LogP contribution is -2.68. The first-order chi connectivity index (χ1) is 28.6. The van der Waals surface area contributed by atoms with Crippen molar-refractivity contribution in [2.45, 2.75) is 100.0 Å². The van der Waals surface area contributed by atoms with Crippen LogP contribution < -0.4 is 10.6 Å². The third-order valence-corrected chi connectivity index (χ3v) is 14.2. The number of H-pyrrole nitrogens is 1. The number of pyridine rings is 1. The zero-order chi connectivity index (χ0) is 43.5. The summed E-state index contributed by atoms with van der Waals surface area (Å²) in [7, 11) is 5.80. The van der Waals surface area contributed by atoms with E-state index in [1.54, 1.807) is 44.6 Å². The highest BCUT2D eigenvalue weighted by Crippen LogP contribution is 2.46. The number of amides is 1. The van der Waals surface area contributed by atoms with E-state index in [9.17, 15) is 24.9 Å². The maximum Gasteiger partial charge on any atom is 0.411 e. The Labute approximate surface area is 360 Å². The van der Waals surface area contributed by atoms with Gasteiger partial charge in [-0.2, -0.15) is 0 Å². The van der Waals surface area contributed by atoms with Gasteiger partial charge in [0.05, 0.1) is 55.4 Å². The van der Waals surface area contributed by atoms with Crippen LogP contribution >= 0.6 is 33.3 Å². The number of nitrogens with zero attached hydrogens (tertiary/aromatic N) is 1. The van der Waals surface area contributed by atoms with Gasteiger partial charge in [-0.25, -0.2) is 4.79 Å². The second kappa shape index (κ2) is 19.5. The number of fused-ring (bicyclic) bond motifs is 3. The van der Waals surface area contributed by atoms with Gasteiger partial charge < -0.3 is 54.0 Å². The Balaban J connectivity index is 1.40. The van der Waals surface area contributed by atoms with Crippen molar-refractivity contribution in [2.24, 2.45) is 0 Å². The zero-order valence-electron chi connectivity index (χ0n) is 34.8. The molecule has 8 unspecified atom stereocenters. The fourth-order valence-corrected chi connectivity index (χ4v) is 10.3. The van der Waals surface area contributed by atoms with Crippen molar-refractivity contribution in [3.05, 3.63) is 59.1 Å². The molecule has 2 aromatic heterocycles. The quantitative estimate of drug-likeness (QED) is 0.0697. The molecule has 1 aromatic carbocycles. The Hall–Kier alpha value is -3.21. The molecule has 60 heavy (non-hydrogen) atoms. The highest BCUT2D eigenvalue weighted by molar-refractivity contribution is 8.76. The molecule has 328 valence electrons. The van der Waals surface area contributed by atoms with Crippen molar-refractivity contribution < 1.29 is 58.1 Å². The van der Waals surface area contributed by atoms with Gasteiger partial charge in [-0.1, -0.05) is 41.5 Å². The molecule has 0 radical (unpaired) electrons. The number of rotatable bonds is 15. The van der Waals surface area contributed by atoms with Gasteiger partial charge in [0.25, 0.3) is 0 Å². The fourth-order valence-electron chi connectivity index (χ4n) is 8.27. The molecule has 2 fully saturated rings. The summed E-state index contributed by atoms with van der Waals surface area (Å²) in [5.41, 5.74) is -0.0497. The average Bonchev–Trinajstić information content (AvgIpc) is 3.58. The van der Waals surface area contributed by atoms with Crippen molar-refractivity contribution in [1.82, 2.24) is 20.6 Å². The highest BCUT2D eigenvalue weighted by atomic mass is 33.1. The summed E-state index contributed by atoms with van der Waals surface area (Å²) in [5, 5.41) is 41.8. The normalized spacial score (nSPS) is 30.8. The number of aromatic hydroxyl groups is 1. The second-order valence-corrected chi connectivity index (χ2v) is 19.1. The number of benzene rings is 1. The number of thioether (sulfide) groups is 1. The predicted octanol–water partition coefficient (Wildman–Crippen LogP) is 4.61. The van der Waals surface area contributed by atoms with Crippen LogP contribution in [0.15, 0.2) is 53.4 Å². The van der Waals surface area contributed by atoms with E-state index in [-0.39, 0.29) is 60.3 Å². The third kappa shape index (κ3) is 9.27. The molecular weight excluding hydrogens is 837 g/mol. The fraction of sp³-hybridized carbons (Fsp3) is 0.561. The molecule has 4 heterocycles. The van der Waals surface area contributed by atoms with Crippen LogP contribution in [-0.4, -0.2) is 148 Å². The van der Waals surface area contributed by atoms with Crippen molar-refractivity contribution in [1.29, 1.82) is 0 Å². The molecule has 1 amide bonds. The van der Waals surface area contributed by atoms with Gasteiger partial charge in [0, 0.05) is 59.8 Å². The molecule has 6 rings (SSSR count). The van der Waals surface area contributed by atoms with Gasteiger partial charge in [0.1, 0.15) is 28.4 Å². The number of carbonyl (C=O) groups is 3. The summed E-state index contributed by atoms with van der Waals surface area (Å²) >= 11 is 1.09. The summed E-state index contributed by atoms with van der Waals surface area (Å²) < 4.78 is 34.8.